The maximum Gasteiger partial charge on any atom is 0.144 e. The van der Waals surface area contributed by atoms with Crippen molar-refractivity contribution in [1.82, 2.24) is 5.32 Å². The van der Waals surface area contributed by atoms with Gasteiger partial charge in [-0.1, -0.05) is 41.4 Å². The molecular formula is C11H13BrClNO. The van der Waals surface area contributed by atoms with Crippen LogP contribution in [0.3, 0.4) is 0 Å². The van der Waals surface area contributed by atoms with Crippen molar-refractivity contribution in [2.45, 2.75) is 25.9 Å². The first kappa shape index (κ1) is 11.2. The first-order valence-corrected chi connectivity index (χ1v) is 6.13. The van der Waals surface area contributed by atoms with Gasteiger partial charge in [0.1, 0.15) is 12.4 Å². The molecule has 0 spiro atoms. The lowest BCUT2D eigenvalue weighted by Gasteiger charge is -2.15. The Balaban J connectivity index is 2.37. The maximum atomic E-state index is 6.07. The first-order chi connectivity index (χ1) is 7.09. The third-order valence-electron chi connectivity index (χ3n) is 2.37. The molecule has 0 aliphatic carbocycles. The van der Waals surface area contributed by atoms with E-state index in [9.17, 15) is 0 Å². The Morgan fingerprint density at radius 3 is 2.93 bits per heavy atom. The molecular weight excluding hydrogens is 277 g/mol. The van der Waals surface area contributed by atoms with E-state index in [1.165, 1.54) is 0 Å². The molecule has 82 valence electrons. The molecule has 15 heavy (non-hydrogen) atoms. The van der Waals surface area contributed by atoms with Crippen molar-refractivity contribution in [3.63, 3.8) is 0 Å². The fraction of sp³-hybridized carbons (Fsp3) is 0.455. The van der Waals surface area contributed by atoms with Crippen molar-refractivity contribution >= 4 is 27.5 Å². The van der Waals surface area contributed by atoms with Crippen molar-refractivity contribution < 1.29 is 4.74 Å². The molecule has 1 N–H and O–H groups in total. The summed E-state index contributed by atoms with van der Waals surface area (Å²) in [6.45, 7) is 4.89. The van der Waals surface area contributed by atoms with Crippen LogP contribution in [-0.2, 0) is 0 Å². The number of ether oxygens (including phenoxy) is 1. The minimum atomic E-state index is 0.230. The summed E-state index contributed by atoms with van der Waals surface area (Å²) in [5, 5.41) is 4.13. The summed E-state index contributed by atoms with van der Waals surface area (Å²) in [6.07, 6.45) is 0. The van der Waals surface area contributed by atoms with Gasteiger partial charge in [0.05, 0.1) is 11.1 Å². The van der Waals surface area contributed by atoms with Crippen LogP contribution in [0.5, 0.6) is 5.75 Å². The summed E-state index contributed by atoms with van der Waals surface area (Å²) in [7, 11) is 0. The zero-order chi connectivity index (χ0) is 11.0. The predicted molar refractivity (Wildman–Crippen MR) is 65.7 cm³/mol. The Morgan fingerprint density at radius 2 is 2.27 bits per heavy atom. The van der Waals surface area contributed by atoms with Gasteiger partial charge < -0.3 is 10.1 Å². The number of nitrogens with one attached hydrogen (secondary N) is 1. The lowest BCUT2D eigenvalue weighted by molar-refractivity contribution is 0.303. The van der Waals surface area contributed by atoms with E-state index in [4.69, 9.17) is 16.3 Å². The average molecular weight is 291 g/mol. The molecule has 2 rings (SSSR count). The van der Waals surface area contributed by atoms with Gasteiger partial charge in [0.2, 0.25) is 0 Å². The molecule has 1 aliphatic rings. The molecule has 0 fully saturated rings. The molecule has 1 atom stereocenters. The highest BCUT2D eigenvalue weighted by Gasteiger charge is 2.28. The first-order valence-electron chi connectivity index (χ1n) is 4.96. The van der Waals surface area contributed by atoms with Gasteiger partial charge in [-0.3, -0.25) is 0 Å². The molecule has 0 amide bonds. The van der Waals surface area contributed by atoms with E-state index in [2.05, 4.69) is 35.1 Å². The van der Waals surface area contributed by atoms with E-state index in [0.29, 0.717) is 17.7 Å². The van der Waals surface area contributed by atoms with E-state index < -0.39 is 0 Å². The Bertz CT molecular complexity index is 381. The standard InChI is InChI=1S/C11H13BrClNO/c1-6(2)14-9-5-15-11-8(13)4-3-7(12)10(9)11/h3-4,6,9,14H,5H2,1-2H3. The second-order valence-electron chi connectivity index (χ2n) is 3.96. The van der Waals surface area contributed by atoms with Crippen LogP contribution in [0.4, 0.5) is 0 Å². The largest absolute Gasteiger partial charge is 0.490 e. The molecule has 0 aromatic heterocycles. The predicted octanol–water partition coefficient (Wildman–Crippen LogP) is 3.53. The van der Waals surface area contributed by atoms with Crippen LogP contribution in [0.15, 0.2) is 16.6 Å². The highest BCUT2D eigenvalue weighted by atomic mass is 79.9. The zero-order valence-electron chi connectivity index (χ0n) is 8.68. The quantitative estimate of drug-likeness (QED) is 0.899. The van der Waals surface area contributed by atoms with Crippen LogP contribution >= 0.6 is 27.5 Å². The van der Waals surface area contributed by atoms with Crippen LogP contribution in [0.2, 0.25) is 5.02 Å². The summed E-state index contributed by atoms with van der Waals surface area (Å²) >= 11 is 9.60. The zero-order valence-corrected chi connectivity index (χ0v) is 11.0. The Kier molecular flexibility index (Phi) is 3.24. The second kappa shape index (κ2) is 4.32. The molecule has 0 radical (unpaired) electrons. The van der Waals surface area contributed by atoms with Crippen molar-refractivity contribution in [3.8, 4) is 5.75 Å². The van der Waals surface area contributed by atoms with E-state index in [-0.39, 0.29) is 6.04 Å². The van der Waals surface area contributed by atoms with Crippen LogP contribution in [-0.4, -0.2) is 12.6 Å². The number of fused-ring (bicyclic) bond motifs is 1. The second-order valence-corrected chi connectivity index (χ2v) is 5.22. The molecule has 1 aromatic carbocycles. The fourth-order valence-electron chi connectivity index (χ4n) is 1.80. The van der Waals surface area contributed by atoms with Crippen molar-refractivity contribution in [2.24, 2.45) is 0 Å². The molecule has 1 aliphatic heterocycles. The monoisotopic (exact) mass is 289 g/mol. The van der Waals surface area contributed by atoms with Gasteiger partial charge in [0, 0.05) is 16.1 Å². The average Bonchev–Trinajstić information content (AvgIpc) is 2.56. The molecule has 0 bridgehead atoms. The smallest absolute Gasteiger partial charge is 0.144 e. The SMILES string of the molecule is CC(C)NC1COc2c(Cl)ccc(Br)c21. The Hall–Kier alpha value is -0.250. The molecule has 1 aromatic rings. The summed E-state index contributed by atoms with van der Waals surface area (Å²) in [5.41, 5.74) is 1.14. The van der Waals surface area contributed by atoms with Gasteiger partial charge in [-0.15, -0.1) is 0 Å². The lowest BCUT2D eigenvalue weighted by Crippen LogP contribution is -2.29. The summed E-state index contributed by atoms with van der Waals surface area (Å²) in [5.74, 6) is 0.809. The van der Waals surface area contributed by atoms with Gasteiger partial charge in [-0.25, -0.2) is 0 Å². The van der Waals surface area contributed by atoms with E-state index in [0.717, 1.165) is 15.8 Å². The number of hydrogen-bond donors (Lipinski definition) is 1. The fourth-order valence-corrected chi connectivity index (χ4v) is 2.61. The highest BCUT2D eigenvalue weighted by Crippen LogP contribution is 2.42. The van der Waals surface area contributed by atoms with Gasteiger partial charge in [-0.2, -0.15) is 0 Å². The van der Waals surface area contributed by atoms with Crippen LogP contribution in [0.25, 0.3) is 0 Å². The van der Waals surface area contributed by atoms with Gasteiger partial charge in [0.15, 0.2) is 0 Å². The number of rotatable bonds is 2. The van der Waals surface area contributed by atoms with Crippen molar-refractivity contribution in [2.75, 3.05) is 6.61 Å². The molecule has 2 nitrogen and oxygen atoms in total. The molecule has 0 saturated carbocycles. The minimum Gasteiger partial charge on any atom is -0.490 e. The number of benzene rings is 1. The normalized spacial score (nSPS) is 19.1. The third kappa shape index (κ3) is 2.14. The van der Waals surface area contributed by atoms with E-state index >= 15 is 0 Å². The van der Waals surface area contributed by atoms with Gasteiger partial charge >= 0.3 is 0 Å². The molecule has 0 saturated heterocycles. The number of hydrogen-bond acceptors (Lipinski definition) is 2. The van der Waals surface area contributed by atoms with Crippen molar-refractivity contribution in [1.29, 1.82) is 0 Å². The Morgan fingerprint density at radius 1 is 1.53 bits per heavy atom. The summed E-state index contributed by atoms with van der Waals surface area (Å²) in [4.78, 5) is 0. The topological polar surface area (TPSA) is 21.3 Å². The number of halogens is 2. The summed E-state index contributed by atoms with van der Waals surface area (Å²) in [6, 6.07) is 4.47. The molecule has 1 heterocycles. The summed E-state index contributed by atoms with van der Waals surface area (Å²) < 4.78 is 6.65. The van der Waals surface area contributed by atoms with E-state index in [1.54, 1.807) is 0 Å². The minimum absolute atomic E-state index is 0.230. The van der Waals surface area contributed by atoms with E-state index in [1.807, 2.05) is 12.1 Å². The third-order valence-corrected chi connectivity index (χ3v) is 3.36. The van der Waals surface area contributed by atoms with Crippen LogP contribution in [0.1, 0.15) is 25.5 Å². The van der Waals surface area contributed by atoms with Crippen LogP contribution in [0, 0.1) is 0 Å². The molecule has 1 unspecified atom stereocenters. The Labute approximate surface area is 103 Å². The lowest BCUT2D eigenvalue weighted by atomic mass is 10.1. The maximum absolute atomic E-state index is 6.07. The van der Waals surface area contributed by atoms with Gasteiger partial charge in [0.25, 0.3) is 0 Å². The van der Waals surface area contributed by atoms with Crippen molar-refractivity contribution in [3.05, 3.63) is 27.2 Å². The highest BCUT2D eigenvalue weighted by molar-refractivity contribution is 9.10. The van der Waals surface area contributed by atoms with Crippen LogP contribution < -0.4 is 10.1 Å². The van der Waals surface area contributed by atoms with Gasteiger partial charge in [-0.05, 0) is 12.1 Å². The molecule has 4 heteroatoms.